The molecule has 0 bridgehead atoms. The molecular weight excluding hydrogens is 319 g/mol. The summed E-state index contributed by atoms with van der Waals surface area (Å²) in [7, 11) is 0. The number of hydrogen-bond donors (Lipinski definition) is 1. The normalized spacial score (nSPS) is 15.2. The molecule has 1 aliphatic carbocycles. The lowest BCUT2D eigenvalue weighted by Crippen LogP contribution is -2.04. The molecule has 112 valence electrons. The summed E-state index contributed by atoms with van der Waals surface area (Å²) in [6, 6.07) is 5.89. The van der Waals surface area contributed by atoms with Crippen LogP contribution in [0.1, 0.15) is 24.0 Å². The van der Waals surface area contributed by atoms with Gasteiger partial charge in [-0.3, -0.25) is 0 Å². The van der Waals surface area contributed by atoms with Crippen LogP contribution >= 0.6 is 23.1 Å². The van der Waals surface area contributed by atoms with Crippen molar-refractivity contribution >= 4 is 28.2 Å². The number of alkyl halides is 3. The van der Waals surface area contributed by atoms with Crippen LogP contribution in [-0.4, -0.2) is 16.2 Å². The van der Waals surface area contributed by atoms with Gasteiger partial charge in [0.1, 0.15) is 0 Å². The van der Waals surface area contributed by atoms with Gasteiger partial charge in [-0.25, -0.2) is 0 Å². The van der Waals surface area contributed by atoms with Crippen LogP contribution in [0.4, 0.5) is 18.3 Å². The molecule has 1 aliphatic rings. The Labute approximate surface area is 128 Å². The van der Waals surface area contributed by atoms with Crippen molar-refractivity contribution in [1.82, 2.24) is 10.2 Å². The van der Waals surface area contributed by atoms with Crippen LogP contribution in [0, 0.1) is 0 Å². The molecule has 0 spiro atoms. The highest BCUT2D eigenvalue weighted by molar-refractivity contribution is 8.00. The first-order valence-corrected chi connectivity index (χ1v) is 8.20. The number of nitrogens with zero attached hydrogens (tertiary/aromatic N) is 2. The van der Waals surface area contributed by atoms with Crippen molar-refractivity contribution in [2.45, 2.75) is 35.2 Å². The zero-order valence-electron chi connectivity index (χ0n) is 10.9. The molecule has 1 aromatic carbocycles. The molecule has 1 fully saturated rings. The van der Waals surface area contributed by atoms with Gasteiger partial charge in [0.15, 0.2) is 4.34 Å². The van der Waals surface area contributed by atoms with Gasteiger partial charge in [0.25, 0.3) is 0 Å². The van der Waals surface area contributed by atoms with E-state index in [1.807, 2.05) is 0 Å². The van der Waals surface area contributed by atoms with Crippen LogP contribution in [0.2, 0.25) is 0 Å². The summed E-state index contributed by atoms with van der Waals surface area (Å²) < 4.78 is 38.6. The fraction of sp³-hybridized carbons (Fsp3) is 0.385. The second kappa shape index (κ2) is 5.84. The zero-order valence-corrected chi connectivity index (χ0v) is 12.5. The van der Waals surface area contributed by atoms with E-state index in [1.165, 1.54) is 35.2 Å². The minimum atomic E-state index is -4.30. The predicted octanol–water partition coefficient (Wildman–Crippen LogP) is 4.42. The minimum absolute atomic E-state index is 0.446. The van der Waals surface area contributed by atoms with Crippen LogP contribution in [0.25, 0.3) is 0 Å². The van der Waals surface area contributed by atoms with Crippen molar-refractivity contribution in [3.8, 4) is 0 Å². The smallest absolute Gasteiger partial charge is 0.357 e. The number of rotatable bonds is 5. The largest absolute Gasteiger partial charge is 0.416 e. The minimum Gasteiger partial charge on any atom is -0.357 e. The summed E-state index contributed by atoms with van der Waals surface area (Å²) >= 11 is 2.84. The Kier molecular flexibility index (Phi) is 4.08. The van der Waals surface area contributed by atoms with E-state index in [-0.39, 0.29) is 0 Å². The lowest BCUT2D eigenvalue weighted by Gasteiger charge is -2.07. The molecule has 1 heterocycles. The van der Waals surface area contributed by atoms with Gasteiger partial charge in [0, 0.05) is 11.8 Å². The van der Waals surface area contributed by atoms with Crippen LogP contribution < -0.4 is 5.32 Å². The number of nitrogens with one attached hydrogen (secondary N) is 1. The predicted molar refractivity (Wildman–Crippen MR) is 77.6 cm³/mol. The molecule has 0 saturated heterocycles. The van der Waals surface area contributed by atoms with Crippen molar-refractivity contribution in [3.05, 3.63) is 35.4 Å². The Hall–Kier alpha value is -1.28. The third-order valence-electron chi connectivity index (χ3n) is 2.93. The first-order valence-electron chi connectivity index (χ1n) is 6.40. The van der Waals surface area contributed by atoms with Crippen molar-refractivity contribution < 1.29 is 13.2 Å². The zero-order chi connectivity index (χ0) is 14.9. The van der Waals surface area contributed by atoms with Crippen molar-refractivity contribution in [2.24, 2.45) is 0 Å². The van der Waals surface area contributed by atoms with Gasteiger partial charge in [-0.2, -0.15) is 13.2 Å². The second-order valence-corrected chi connectivity index (χ2v) is 6.98. The fourth-order valence-electron chi connectivity index (χ4n) is 1.71. The fourth-order valence-corrected chi connectivity index (χ4v) is 3.48. The van der Waals surface area contributed by atoms with E-state index in [9.17, 15) is 13.2 Å². The van der Waals surface area contributed by atoms with E-state index in [2.05, 4.69) is 15.5 Å². The summed E-state index contributed by atoms with van der Waals surface area (Å²) in [5.41, 5.74) is 0.00989. The number of aromatic nitrogens is 2. The summed E-state index contributed by atoms with van der Waals surface area (Å²) in [5.74, 6) is 0.446. The van der Waals surface area contributed by atoms with E-state index in [1.54, 1.807) is 6.07 Å². The van der Waals surface area contributed by atoms with Gasteiger partial charge in [-0.05, 0) is 24.5 Å². The molecule has 8 heteroatoms. The molecule has 0 aliphatic heterocycles. The molecule has 0 unspecified atom stereocenters. The number of benzene rings is 1. The average Bonchev–Trinajstić information content (AvgIpc) is 3.13. The van der Waals surface area contributed by atoms with Crippen LogP contribution in [-0.2, 0) is 11.9 Å². The quantitative estimate of drug-likeness (QED) is 0.823. The molecule has 1 N–H and O–H groups in total. The Morgan fingerprint density at radius 3 is 2.81 bits per heavy atom. The maximum atomic E-state index is 12.6. The maximum Gasteiger partial charge on any atom is 0.416 e. The molecule has 21 heavy (non-hydrogen) atoms. The van der Waals surface area contributed by atoms with Gasteiger partial charge in [0.2, 0.25) is 5.13 Å². The van der Waals surface area contributed by atoms with Gasteiger partial charge < -0.3 is 5.32 Å². The Morgan fingerprint density at radius 1 is 1.29 bits per heavy atom. The van der Waals surface area contributed by atoms with Crippen LogP contribution in [0.3, 0.4) is 0 Å². The van der Waals surface area contributed by atoms with Crippen LogP contribution in [0.15, 0.2) is 28.6 Å². The van der Waals surface area contributed by atoms with E-state index < -0.39 is 11.7 Å². The van der Waals surface area contributed by atoms with Crippen molar-refractivity contribution in [2.75, 3.05) is 5.32 Å². The van der Waals surface area contributed by atoms with Crippen LogP contribution in [0.5, 0.6) is 0 Å². The number of thioether (sulfide) groups is 1. The second-order valence-electron chi connectivity index (χ2n) is 4.78. The molecular formula is C13H12F3N3S2. The van der Waals surface area contributed by atoms with Crippen molar-refractivity contribution in [3.63, 3.8) is 0 Å². The molecule has 3 nitrogen and oxygen atoms in total. The van der Waals surface area contributed by atoms with Gasteiger partial charge in [-0.15, -0.1) is 10.2 Å². The van der Waals surface area contributed by atoms with Crippen molar-refractivity contribution in [1.29, 1.82) is 0 Å². The first kappa shape index (κ1) is 14.6. The highest BCUT2D eigenvalue weighted by Crippen LogP contribution is 2.33. The molecule has 0 radical (unpaired) electrons. The first-order chi connectivity index (χ1) is 10.0. The Balaban J connectivity index is 1.60. The topological polar surface area (TPSA) is 37.8 Å². The standard InChI is InChI=1S/C13H12F3N3S2/c14-13(15,16)9-3-1-2-8(6-9)7-20-12-19-18-11(21-12)17-10-4-5-10/h1-3,6,10H,4-5,7H2,(H,17,18). The highest BCUT2D eigenvalue weighted by Gasteiger charge is 2.30. The number of anilines is 1. The monoisotopic (exact) mass is 331 g/mol. The number of halogens is 3. The molecule has 3 rings (SSSR count). The molecule has 1 aromatic heterocycles. The summed E-state index contributed by atoms with van der Waals surface area (Å²) in [6.45, 7) is 0. The molecule has 0 amide bonds. The summed E-state index contributed by atoms with van der Waals surface area (Å²) in [4.78, 5) is 0. The number of hydrogen-bond acceptors (Lipinski definition) is 5. The highest BCUT2D eigenvalue weighted by atomic mass is 32.2. The molecule has 2 aromatic rings. The van der Waals surface area contributed by atoms with E-state index >= 15 is 0 Å². The third-order valence-corrected chi connectivity index (χ3v) is 4.99. The summed E-state index contributed by atoms with van der Waals surface area (Å²) in [5, 5.41) is 12.1. The average molecular weight is 331 g/mol. The van der Waals surface area contributed by atoms with E-state index in [4.69, 9.17) is 0 Å². The third kappa shape index (κ3) is 4.10. The Bertz CT molecular complexity index is 623. The molecule has 0 atom stereocenters. The van der Waals surface area contributed by atoms with Gasteiger partial charge >= 0.3 is 6.18 Å². The maximum absolute atomic E-state index is 12.6. The van der Waals surface area contributed by atoms with E-state index in [0.717, 1.165) is 28.4 Å². The lowest BCUT2D eigenvalue weighted by atomic mass is 10.1. The lowest BCUT2D eigenvalue weighted by molar-refractivity contribution is -0.137. The van der Waals surface area contributed by atoms with Gasteiger partial charge in [-0.1, -0.05) is 41.3 Å². The summed E-state index contributed by atoms with van der Waals surface area (Å²) in [6.07, 6.45) is -1.98. The SMILES string of the molecule is FC(F)(F)c1cccc(CSc2nnc(NC3CC3)s2)c1. The van der Waals surface area contributed by atoms with E-state index in [0.29, 0.717) is 17.4 Å². The molecule has 1 saturated carbocycles. The van der Waals surface area contributed by atoms with Gasteiger partial charge in [0.05, 0.1) is 5.56 Å². The Morgan fingerprint density at radius 2 is 2.10 bits per heavy atom.